The Morgan fingerprint density at radius 2 is 2.33 bits per heavy atom. The fraction of sp³-hybridized carbons (Fsp3) is 0.545. The van der Waals surface area contributed by atoms with Crippen molar-refractivity contribution in [1.82, 2.24) is 10.3 Å². The summed E-state index contributed by atoms with van der Waals surface area (Å²) in [4.78, 5) is 6.29. The van der Waals surface area contributed by atoms with Crippen LogP contribution in [-0.4, -0.2) is 36.8 Å². The van der Waals surface area contributed by atoms with E-state index in [2.05, 4.69) is 10.3 Å². The number of hydrogen-bond acceptors (Lipinski definition) is 4. The summed E-state index contributed by atoms with van der Waals surface area (Å²) in [5.74, 6) is 0.924. The third-order valence-corrected chi connectivity index (χ3v) is 2.13. The van der Waals surface area contributed by atoms with E-state index < -0.39 is 0 Å². The van der Waals surface area contributed by atoms with E-state index in [1.54, 1.807) is 13.1 Å². The van der Waals surface area contributed by atoms with Gasteiger partial charge < -0.3 is 15.3 Å². The van der Waals surface area contributed by atoms with Crippen LogP contribution in [0, 0.1) is 0 Å². The van der Waals surface area contributed by atoms with Crippen molar-refractivity contribution in [3.05, 3.63) is 23.9 Å². The third-order valence-electron chi connectivity index (χ3n) is 2.13. The molecule has 4 heteroatoms. The minimum absolute atomic E-state index is 0.348. The van der Waals surface area contributed by atoms with Gasteiger partial charge in [0.1, 0.15) is 5.82 Å². The normalized spacial score (nSPS) is 12.5. The summed E-state index contributed by atoms with van der Waals surface area (Å²) in [5, 5.41) is 12.4. The summed E-state index contributed by atoms with van der Waals surface area (Å²) in [6.07, 6.45) is 1.42. The summed E-state index contributed by atoms with van der Waals surface area (Å²) >= 11 is 0. The number of nitrogens with one attached hydrogen (secondary N) is 1. The molecule has 1 aromatic heterocycles. The Labute approximate surface area is 90.9 Å². The number of nitrogens with zero attached hydrogens (tertiary/aromatic N) is 2. The lowest BCUT2D eigenvalue weighted by Gasteiger charge is -2.22. The average molecular weight is 209 g/mol. The summed E-state index contributed by atoms with van der Waals surface area (Å²) in [7, 11) is 3.85. The first-order chi connectivity index (χ1) is 7.15. The van der Waals surface area contributed by atoms with E-state index >= 15 is 0 Å². The van der Waals surface area contributed by atoms with Gasteiger partial charge in [-0.05, 0) is 20.0 Å². The van der Waals surface area contributed by atoms with Gasteiger partial charge in [-0.1, -0.05) is 6.07 Å². The molecule has 0 bridgehead atoms. The number of anilines is 1. The topological polar surface area (TPSA) is 48.4 Å². The molecular weight excluding hydrogens is 190 g/mol. The molecule has 0 aromatic carbocycles. The number of hydrogen-bond donors (Lipinski definition) is 2. The van der Waals surface area contributed by atoms with Gasteiger partial charge in [0.05, 0.1) is 6.10 Å². The Morgan fingerprint density at radius 1 is 1.60 bits per heavy atom. The highest BCUT2D eigenvalue weighted by molar-refractivity contribution is 5.45. The number of rotatable bonds is 5. The molecular formula is C11H19N3O. The van der Waals surface area contributed by atoms with Crippen molar-refractivity contribution < 1.29 is 5.11 Å². The fourth-order valence-electron chi connectivity index (χ4n) is 1.59. The molecule has 0 spiro atoms. The molecule has 0 saturated heterocycles. The van der Waals surface area contributed by atoms with Gasteiger partial charge in [0, 0.05) is 31.9 Å². The van der Waals surface area contributed by atoms with Crippen LogP contribution in [0.15, 0.2) is 18.3 Å². The Morgan fingerprint density at radius 3 is 2.93 bits per heavy atom. The van der Waals surface area contributed by atoms with Crippen LogP contribution >= 0.6 is 0 Å². The largest absolute Gasteiger partial charge is 0.392 e. The number of aliphatic hydroxyl groups is 1. The maximum Gasteiger partial charge on any atom is 0.132 e. The first-order valence-electron chi connectivity index (χ1n) is 5.13. The zero-order valence-corrected chi connectivity index (χ0v) is 9.57. The van der Waals surface area contributed by atoms with Crippen molar-refractivity contribution in [2.24, 2.45) is 0 Å². The van der Waals surface area contributed by atoms with E-state index in [9.17, 15) is 5.11 Å². The zero-order valence-electron chi connectivity index (χ0n) is 9.57. The fourth-order valence-corrected chi connectivity index (χ4v) is 1.59. The van der Waals surface area contributed by atoms with Crippen molar-refractivity contribution in [2.45, 2.75) is 19.6 Å². The van der Waals surface area contributed by atoms with Gasteiger partial charge in [-0.15, -0.1) is 0 Å². The number of aromatic nitrogens is 1. The molecule has 84 valence electrons. The molecule has 1 atom stereocenters. The predicted molar refractivity (Wildman–Crippen MR) is 62.0 cm³/mol. The highest BCUT2D eigenvalue weighted by Gasteiger charge is 2.09. The summed E-state index contributed by atoms with van der Waals surface area (Å²) in [6.45, 7) is 3.15. The van der Waals surface area contributed by atoms with E-state index in [-0.39, 0.29) is 6.10 Å². The highest BCUT2D eigenvalue weighted by Crippen LogP contribution is 2.15. The minimum atomic E-state index is -0.348. The highest BCUT2D eigenvalue weighted by atomic mass is 16.3. The van der Waals surface area contributed by atoms with Gasteiger partial charge in [-0.3, -0.25) is 0 Å². The Bertz CT molecular complexity index is 302. The maximum atomic E-state index is 9.32. The molecule has 0 amide bonds. The second-order valence-corrected chi connectivity index (χ2v) is 3.75. The first-order valence-corrected chi connectivity index (χ1v) is 5.13. The quantitative estimate of drug-likeness (QED) is 0.746. The van der Waals surface area contributed by atoms with Gasteiger partial charge in [0.15, 0.2) is 0 Å². The van der Waals surface area contributed by atoms with Gasteiger partial charge in [-0.2, -0.15) is 0 Å². The van der Waals surface area contributed by atoms with Crippen LogP contribution in [0.1, 0.15) is 12.5 Å². The van der Waals surface area contributed by atoms with Crippen LogP contribution in [0.25, 0.3) is 0 Å². The molecule has 1 rings (SSSR count). The smallest absolute Gasteiger partial charge is 0.132 e. The number of likely N-dealkylation sites (N-methyl/N-ethyl adjacent to an activating group) is 1. The lowest BCUT2D eigenvalue weighted by Crippen LogP contribution is -2.29. The van der Waals surface area contributed by atoms with Gasteiger partial charge in [0.2, 0.25) is 0 Å². The molecule has 0 radical (unpaired) electrons. The van der Waals surface area contributed by atoms with Crippen molar-refractivity contribution >= 4 is 5.82 Å². The number of pyridine rings is 1. The van der Waals surface area contributed by atoms with Crippen LogP contribution in [0.4, 0.5) is 5.82 Å². The molecule has 1 unspecified atom stereocenters. The van der Waals surface area contributed by atoms with Crippen molar-refractivity contribution in [2.75, 3.05) is 25.5 Å². The number of aliphatic hydroxyl groups excluding tert-OH is 1. The van der Waals surface area contributed by atoms with Gasteiger partial charge in [-0.25, -0.2) is 4.98 Å². The van der Waals surface area contributed by atoms with E-state index in [0.717, 1.165) is 17.9 Å². The molecule has 1 heterocycles. The van der Waals surface area contributed by atoms with Crippen LogP contribution in [0.3, 0.4) is 0 Å². The molecule has 0 aliphatic carbocycles. The monoisotopic (exact) mass is 209 g/mol. The molecule has 4 nitrogen and oxygen atoms in total. The van der Waals surface area contributed by atoms with Gasteiger partial charge in [0.25, 0.3) is 0 Å². The maximum absolute atomic E-state index is 9.32. The third kappa shape index (κ3) is 3.49. The van der Waals surface area contributed by atoms with Crippen LogP contribution in [-0.2, 0) is 6.54 Å². The standard InChI is InChI=1S/C11H19N3O/c1-9(15)8-14(3)11-10(7-12-2)5-4-6-13-11/h4-6,9,12,15H,7-8H2,1-3H3. The summed E-state index contributed by atoms with van der Waals surface area (Å²) in [6, 6.07) is 3.96. The van der Waals surface area contributed by atoms with E-state index in [0.29, 0.717) is 6.54 Å². The van der Waals surface area contributed by atoms with Gasteiger partial charge >= 0.3 is 0 Å². The van der Waals surface area contributed by atoms with Crippen molar-refractivity contribution in [3.63, 3.8) is 0 Å². The van der Waals surface area contributed by atoms with E-state index in [1.807, 2.05) is 31.1 Å². The van der Waals surface area contributed by atoms with Crippen LogP contribution in [0.5, 0.6) is 0 Å². The molecule has 1 aromatic rings. The van der Waals surface area contributed by atoms with Crippen LogP contribution in [0.2, 0.25) is 0 Å². The Balaban J connectivity index is 2.81. The average Bonchev–Trinajstić information content (AvgIpc) is 2.18. The Kier molecular flexibility index (Phi) is 4.52. The lowest BCUT2D eigenvalue weighted by atomic mass is 10.2. The summed E-state index contributed by atoms with van der Waals surface area (Å²) in [5.41, 5.74) is 1.14. The predicted octanol–water partition coefficient (Wildman–Crippen LogP) is 0.618. The second kappa shape index (κ2) is 5.68. The molecule has 0 saturated carbocycles. The zero-order chi connectivity index (χ0) is 11.3. The Hall–Kier alpha value is -1.13. The lowest BCUT2D eigenvalue weighted by molar-refractivity contribution is 0.201. The van der Waals surface area contributed by atoms with Crippen molar-refractivity contribution in [1.29, 1.82) is 0 Å². The molecule has 2 N–H and O–H groups in total. The summed E-state index contributed by atoms with van der Waals surface area (Å²) < 4.78 is 0. The SMILES string of the molecule is CNCc1cccnc1N(C)CC(C)O. The van der Waals surface area contributed by atoms with Crippen LogP contribution < -0.4 is 10.2 Å². The second-order valence-electron chi connectivity index (χ2n) is 3.75. The molecule has 15 heavy (non-hydrogen) atoms. The van der Waals surface area contributed by atoms with E-state index in [1.165, 1.54) is 0 Å². The molecule has 0 aliphatic rings. The van der Waals surface area contributed by atoms with Crippen molar-refractivity contribution in [3.8, 4) is 0 Å². The van der Waals surface area contributed by atoms with E-state index in [4.69, 9.17) is 0 Å². The molecule has 0 aliphatic heterocycles. The molecule has 0 fully saturated rings. The minimum Gasteiger partial charge on any atom is -0.392 e. The first kappa shape index (κ1) is 11.9.